The van der Waals surface area contributed by atoms with Crippen LogP contribution in [-0.2, 0) is 13.1 Å². The lowest BCUT2D eigenvalue weighted by atomic mass is 10.2. The number of rotatable bonds is 4. The number of pyridine rings is 1. The topological polar surface area (TPSA) is 67.1 Å². The summed E-state index contributed by atoms with van der Waals surface area (Å²) in [4.78, 5) is 16.3. The number of fused-ring (bicyclic) bond motifs is 1. The van der Waals surface area contributed by atoms with Gasteiger partial charge in [0.1, 0.15) is 5.52 Å². The van der Waals surface area contributed by atoms with E-state index in [9.17, 15) is 4.79 Å². The molecule has 0 aliphatic heterocycles. The zero-order valence-electron chi connectivity index (χ0n) is 14.0. The maximum absolute atomic E-state index is 13.2. The number of nitrogen functional groups attached to an aromatic ring is 1. The van der Waals surface area contributed by atoms with E-state index in [0.29, 0.717) is 18.9 Å². The molecule has 0 saturated carbocycles. The summed E-state index contributed by atoms with van der Waals surface area (Å²) in [7, 11) is 0. The molecular formula is C20H18BrN4O+. The Kier molecular flexibility index (Phi) is 4.34. The van der Waals surface area contributed by atoms with Crippen LogP contribution in [0.5, 0.6) is 0 Å². The van der Waals surface area contributed by atoms with Crippen molar-refractivity contribution in [2.24, 2.45) is 0 Å². The van der Waals surface area contributed by atoms with Crippen LogP contribution in [0.3, 0.4) is 0 Å². The van der Waals surface area contributed by atoms with Crippen LogP contribution < -0.4 is 16.4 Å². The molecule has 0 unspecified atom stereocenters. The van der Waals surface area contributed by atoms with Gasteiger partial charge >= 0.3 is 5.69 Å². The summed E-state index contributed by atoms with van der Waals surface area (Å²) >= 11 is 3.46. The van der Waals surface area contributed by atoms with Crippen molar-refractivity contribution in [1.82, 2.24) is 9.13 Å². The van der Waals surface area contributed by atoms with Crippen molar-refractivity contribution in [3.05, 3.63) is 92.8 Å². The second-order valence-corrected chi connectivity index (χ2v) is 7.05. The minimum Gasteiger partial charge on any atom is -0.318 e. The van der Waals surface area contributed by atoms with Crippen LogP contribution in [0.4, 0.5) is 5.82 Å². The van der Waals surface area contributed by atoms with Crippen molar-refractivity contribution in [2.75, 3.05) is 5.73 Å². The number of aromatic nitrogens is 3. The molecule has 26 heavy (non-hydrogen) atoms. The van der Waals surface area contributed by atoms with E-state index < -0.39 is 0 Å². The fourth-order valence-electron chi connectivity index (χ4n) is 3.10. The van der Waals surface area contributed by atoms with E-state index in [-0.39, 0.29) is 5.69 Å². The SMILES string of the molecule is Nc1[nH+]c2c(cc1Br)n(Cc1ccccc1)c(=O)n2Cc1ccccc1. The molecule has 0 atom stereocenters. The zero-order chi connectivity index (χ0) is 18.1. The first kappa shape index (κ1) is 16.6. The third-order valence-electron chi connectivity index (χ3n) is 4.41. The standard InChI is InChI=1S/C20H17BrN4O/c21-16-11-17-19(23-18(16)22)25(13-15-9-5-2-6-10-15)20(26)24(17)12-14-7-3-1-4-8-14/h1-11H,12-13H2,(H2,22,23)/p+1. The molecule has 4 aromatic rings. The van der Waals surface area contributed by atoms with Crippen molar-refractivity contribution in [3.8, 4) is 0 Å². The van der Waals surface area contributed by atoms with Gasteiger partial charge in [0.2, 0.25) is 5.82 Å². The third-order valence-corrected chi connectivity index (χ3v) is 5.06. The first-order valence-electron chi connectivity index (χ1n) is 8.31. The molecular weight excluding hydrogens is 392 g/mol. The van der Waals surface area contributed by atoms with Gasteiger partial charge in [-0.2, -0.15) is 0 Å². The highest BCUT2D eigenvalue weighted by molar-refractivity contribution is 9.10. The quantitative estimate of drug-likeness (QED) is 0.562. The lowest BCUT2D eigenvalue weighted by Crippen LogP contribution is -2.26. The van der Waals surface area contributed by atoms with Gasteiger partial charge in [-0.05, 0) is 33.1 Å². The Morgan fingerprint density at radius 1 is 0.885 bits per heavy atom. The molecule has 0 fully saturated rings. The molecule has 0 aliphatic carbocycles. The molecule has 0 radical (unpaired) electrons. The third kappa shape index (κ3) is 3.04. The van der Waals surface area contributed by atoms with Gasteiger partial charge in [0.05, 0.1) is 17.6 Å². The molecule has 130 valence electrons. The van der Waals surface area contributed by atoms with Crippen LogP contribution in [0.15, 0.2) is 76.0 Å². The van der Waals surface area contributed by atoms with E-state index in [0.717, 1.165) is 26.8 Å². The zero-order valence-corrected chi connectivity index (χ0v) is 15.6. The molecule has 0 amide bonds. The summed E-state index contributed by atoms with van der Waals surface area (Å²) < 4.78 is 4.24. The van der Waals surface area contributed by atoms with E-state index in [1.807, 2.05) is 66.7 Å². The monoisotopic (exact) mass is 409 g/mol. The molecule has 5 nitrogen and oxygen atoms in total. The highest BCUT2D eigenvalue weighted by atomic mass is 79.9. The van der Waals surface area contributed by atoms with Crippen molar-refractivity contribution >= 4 is 32.9 Å². The van der Waals surface area contributed by atoms with E-state index in [4.69, 9.17) is 5.73 Å². The van der Waals surface area contributed by atoms with Gasteiger partial charge < -0.3 is 5.73 Å². The highest BCUT2D eigenvalue weighted by Gasteiger charge is 2.21. The molecule has 0 saturated heterocycles. The van der Waals surface area contributed by atoms with E-state index >= 15 is 0 Å². The van der Waals surface area contributed by atoms with Crippen molar-refractivity contribution in [2.45, 2.75) is 13.1 Å². The number of anilines is 1. The normalized spacial score (nSPS) is 11.1. The number of hydrogen-bond acceptors (Lipinski definition) is 2. The minimum atomic E-state index is -0.0681. The number of nitrogens with two attached hydrogens (primary N) is 1. The first-order valence-corrected chi connectivity index (χ1v) is 9.11. The number of benzene rings is 2. The Hall–Kier alpha value is -2.86. The molecule has 2 heterocycles. The van der Waals surface area contributed by atoms with Gasteiger partial charge in [-0.3, -0.25) is 4.57 Å². The molecule has 2 aromatic carbocycles. The largest absolute Gasteiger partial charge is 0.387 e. The van der Waals surface area contributed by atoms with E-state index in [2.05, 4.69) is 20.9 Å². The van der Waals surface area contributed by atoms with Crippen molar-refractivity contribution in [3.63, 3.8) is 0 Å². The summed E-state index contributed by atoms with van der Waals surface area (Å²) in [5, 5.41) is 0. The number of nitrogens with one attached hydrogen (secondary N) is 1. The average Bonchev–Trinajstić information content (AvgIpc) is 2.89. The number of H-pyrrole nitrogens is 1. The van der Waals surface area contributed by atoms with Crippen molar-refractivity contribution < 1.29 is 4.98 Å². The number of aromatic amines is 1. The summed E-state index contributed by atoms with van der Waals surface area (Å²) in [6.07, 6.45) is 0. The second kappa shape index (κ2) is 6.80. The predicted molar refractivity (Wildman–Crippen MR) is 106 cm³/mol. The van der Waals surface area contributed by atoms with Crippen LogP contribution in [-0.4, -0.2) is 9.13 Å². The number of halogens is 1. The summed E-state index contributed by atoms with van der Waals surface area (Å²) in [5.74, 6) is 0.496. The Morgan fingerprint density at radius 3 is 2.00 bits per heavy atom. The fourth-order valence-corrected chi connectivity index (χ4v) is 3.42. The van der Waals surface area contributed by atoms with Gasteiger partial charge in [0.25, 0.3) is 5.65 Å². The molecule has 4 rings (SSSR count). The van der Waals surface area contributed by atoms with Crippen LogP contribution in [0, 0.1) is 0 Å². The van der Waals surface area contributed by atoms with Gasteiger partial charge in [-0.15, -0.1) is 0 Å². The summed E-state index contributed by atoms with van der Waals surface area (Å²) in [6.45, 7) is 0.984. The number of imidazole rings is 1. The molecule has 6 heteroatoms. The summed E-state index contributed by atoms with van der Waals surface area (Å²) in [5.41, 5.74) is 9.63. The van der Waals surface area contributed by atoms with Crippen LogP contribution in [0.2, 0.25) is 0 Å². The smallest absolute Gasteiger partial charge is 0.318 e. The van der Waals surface area contributed by atoms with Crippen molar-refractivity contribution in [1.29, 1.82) is 0 Å². The summed E-state index contributed by atoms with van der Waals surface area (Å²) in [6, 6.07) is 21.8. The van der Waals surface area contributed by atoms with E-state index in [1.54, 1.807) is 9.13 Å². The van der Waals surface area contributed by atoms with Gasteiger partial charge in [-0.25, -0.2) is 14.3 Å². The van der Waals surface area contributed by atoms with Crippen LogP contribution in [0.1, 0.15) is 11.1 Å². The fraction of sp³-hybridized carbons (Fsp3) is 0.100. The number of hydrogen-bond donors (Lipinski definition) is 1. The number of nitrogens with zero attached hydrogens (tertiary/aromatic N) is 2. The molecule has 0 aliphatic rings. The maximum Gasteiger partial charge on any atom is 0.387 e. The van der Waals surface area contributed by atoms with Crippen LogP contribution in [0.25, 0.3) is 11.2 Å². The maximum atomic E-state index is 13.2. The first-order chi connectivity index (χ1) is 12.6. The minimum absolute atomic E-state index is 0.0681. The van der Waals surface area contributed by atoms with Gasteiger partial charge in [0.15, 0.2) is 0 Å². The predicted octanol–water partition coefficient (Wildman–Crippen LogP) is 3.06. The Morgan fingerprint density at radius 2 is 1.42 bits per heavy atom. The molecule has 0 spiro atoms. The van der Waals surface area contributed by atoms with Crippen LogP contribution >= 0.6 is 15.9 Å². The molecule has 3 N–H and O–H groups in total. The van der Waals surface area contributed by atoms with E-state index in [1.165, 1.54) is 0 Å². The van der Waals surface area contributed by atoms with Gasteiger partial charge in [-0.1, -0.05) is 60.7 Å². The Bertz CT molecular complexity index is 1030. The Labute approximate surface area is 158 Å². The molecule has 0 bridgehead atoms. The lowest BCUT2D eigenvalue weighted by Gasteiger charge is -2.02. The van der Waals surface area contributed by atoms with Gasteiger partial charge in [0, 0.05) is 0 Å². The Balaban J connectivity index is 1.90. The average molecular weight is 410 g/mol. The second-order valence-electron chi connectivity index (χ2n) is 6.19. The molecule has 2 aromatic heterocycles. The highest BCUT2D eigenvalue weighted by Crippen LogP contribution is 2.21. The lowest BCUT2D eigenvalue weighted by molar-refractivity contribution is -0.332.